The van der Waals surface area contributed by atoms with Gasteiger partial charge in [0.25, 0.3) is 0 Å². The summed E-state index contributed by atoms with van der Waals surface area (Å²) in [6.07, 6.45) is 0. The zero-order valence-corrected chi connectivity index (χ0v) is 27.5. The van der Waals surface area contributed by atoms with E-state index in [0.717, 1.165) is 51.0 Å². The number of ether oxygens (including phenoxy) is 1. The highest BCUT2D eigenvalue weighted by atomic mass is 16.5. The van der Waals surface area contributed by atoms with E-state index in [9.17, 15) is 0 Å². The molecule has 3 nitrogen and oxygen atoms in total. The Bertz CT molecular complexity index is 2860. The van der Waals surface area contributed by atoms with Crippen LogP contribution in [0.2, 0.25) is 0 Å². The van der Waals surface area contributed by atoms with Crippen molar-refractivity contribution in [3.63, 3.8) is 0 Å². The van der Waals surface area contributed by atoms with E-state index in [1.807, 2.05) is 36.4 Å². The van der Waals surface area contributed by atoms with Gasteiger partial charge in [-0.25, -0.2) is 9.97 Å². The molecule has 0 unspecified atom stereocenters. The predicted octanol–water partition coefficient (Wildman–Crippen LogP) is 13.0. The number of aromatic nitrogens is 2. The average molecular weight is 649 g/mol. The Morgan fingerprint density at radius 2 is 0.902 bits per heavy atom. The molecule has 2 heterocycles. The van der Waals surface area contributed by atoms with Crippen molar-refractivity contribution in [2.75, 3.05) is 0 Å². The van der Waals surface area contributed by atoms with Crippen LogP contribution in [0.5, 0.6) is 11.5 Å². The number of benzene rings is 9. The van der Waals surface area contributed by atoms with Gasteiger partial charge in [-0.05, 0) is 96.9 Å². The molecule has 1 aromatic heterocycles. The summed E-state index contributed by atoms with van der Waals surface area (Å²) in [6, 6.07) is 60.3. The number of rotatable bonds is 4. The van der Waals surface area contributed by atoms with Crippen LogP contribution in [0.3, 0.4) is 0 Å². The second kappa shape index (κ2) is 10.8. The van der Waals surface area contributed by atoms with E-state index in [4.69, 9.17) is 14.7 Å². The summed E-state index contributed by atoms with van der Waals surface area (Å²) in [5.74, 6) is 2.54. The minimum atomic E-state index is 0.721. The highest BCUT2D eigenvalue weighted by Crippen LogP contribution is 2.49. The van der Waals surface area contributed by atoms with E-state index < -0.39 is 0 Å². The van der Waals surface area contributed by atoms with Crippen LogP contribution in [-0.4, -0.2) is 9.97 Å². The van der Waals surface area contributed by atoms with E-state index in [1.54, 1.807) is 0 Å². The number of para-hydroxylation sites is 1. The second-order valence-corrected chi connectivity index (χ2v) is 13.4. The van der Waals surface area contributed by atoms with E-state index in [-0.39, 0.29) is 0 Å². The molecule has 51 heavy (non-hydrogen) atoms. The summed E-state index contributed by atoms with van der Waals surface area (Å²) < 4.78 is 6.39. The second-order valence-electron chi connectivity index (χ2n) is 13.4. The first-order valence-corrected chi connectivity index (χ1v) is 17.3. The van der Waals surface area contributed by atoms with Gasteiger partial charge in [-0.15, -0.1) is 0 Å². The van der Waals surface area contributed by atoms with Crippen molar-refractivity contribution in [1.29, 1.82) is 0 Å². The molecule has 9 aromatic carbocycles. The summed E-state index contributed by atoms with van der Waals surface area (Å²) in [4.78, 5) is 10.1. The molecular formula is C48H28N2O. The normalized spacial score (nSPS) is 12.1. The summed E-state index contributed by atoms with van der Waals surface area (Å²) in [5, 5.41) is 9.80. The first-order chi connectivity index (χ1) is 25.2. The Labute approximate surface area is 294 Å². The molecule has 0 spiro atoms. The van der Waals surface area contributed by atoms with Crippen molar-refractivity contribution in [3.8, 4) is 67.7 Å². The first kappa shape index (κ1) is 28.0. The molecule has 236 valence electrons. The van der Waals surface area contributed by atoms with Crippen LogP contribution < -0.4 is 4.74 Å². The minimum absolute atomic E-state index is 0.721. The highest BCUT2D eigenvalue weighted by molar-refractivity contribution is 6.25. The third-order valence-electron chi connectivity index (χ3n) is 10.4. The molecule has 1 aliphatic heterocycles. The van der Waals surface area contributed by atoms with E-state index in [1.165, 1.54) is 59.8 Å². The fourth-order valence-corrected chi connectivity index (χ4v) is 8.04. The SMILES string of the molecule is c1ccc(-c2cc(-c3cc4ccc5cc(-c6ccc7c8c(cccc68)-c6ccccc6O7)cc6ccc(c3)c4c56)nc(-c3ccccc3)n2)cc1. The Kier molecular flexibility index (Phi) is 5.96. The number of fused-ring (bicyclic) bond motifs is 2. The number of hydrogen-bond acceptors (Lipinski definition) is 3. The fraction of sp³-hybridized carbons (Fsp3) is 0. The summed E-state index contributed by atoms with van der Waals surface area (Å²) in [6.45, 7) is 0. The lowest BCUT2D eigenvalue weighted by atomic mass is 9.87. The van der Waals surface area contributed by atoms with Gasteiger partial charge in [0.15, 0.2) is 5.82 Å². The molecule has 10 aromatic rings. The fourth-order valence-electron chi connectivity index (χ4n) is 8.04. The van der Waals surface area contributed by atoms with Crippen LogP contribution in [0.25, 0.3) is 99.2 Å². The van der Waals surface area contributed by atoms with Gasteiger partial charge in [0.2, 0.25) is 0 Å². The van der Waals surface area contributed by atoms with Crippen molar-refractivity contribution in [3.05, 3.63) is 170 Å². The van der Waals surface area contributed by atoms with E-state index in [0.29, 0.717) is 0 Å². The highest BCUT2D eigenvalue weighted by Gasteiger charge is 2.22. The third-order valence-corrected chi connectivity index (χ3v) is 10.4. The standard InChI is InChI=1S/C48H28N2O/c1-3-10-29(11-4-1)41-28-42(50-48(49-41)30-12-5-2-6-13-30)36-26-33-20-18-31-24-35(25-32-19-21-34(27-36)46(33)45(31)32)37-22-23-44-47-39(37)15-9-16-40(47)38-14-7-8-17-43(38)51-44/h1-28H. The maximum Gasteiger partial charge on any atom is 0.160 e. The van der Waals surface area contributed by atoms with Crippen LogP contribution in [0.1, 0.15) is 0 Å². The summed E-state index contributed by atoms with van der Waals surface area (Å²) in [5.41, 5.74) is 9.72. The topological polar surface area (TPSA) is 35.0 Å². The lowest BCUT2D eigenvalue weighted by Crippen LogP contribution is -1.97. The van der Waals surface area contributed by atoms with Gasteiger partial charge in [0, 0.05) is 27.6 Å². The van der Waals surface area contributed by atoms with Crippen LogP contribution >= 0.6 is 0 Å². The molecule has 0 radical (unpaired) electrons. The van der Waals surface area contributed by atoms with Crippen molar-refractivity contribution in [2.24, 2.45) is 0 Å². The molecule has 0 N–H and O–H groups in total. The molecule has 0 fully saturated rings. The molecule has 3 heteroatoms. The van der Waals surface area contributed by atoms with Gasteiger partial charge < -0.3 is 4.74 Å². The monoisotopic (exact) mass is 648 g/mol. The molecular weight excluding hydrogens is 621 g/mol. The lowest BCUT2D eigenvalue weighted by Gasteiger charge is -2.22. The van der Waals surface area contributed by atoms with Crippen molar-refractivity contribution < 1.29 is 4.74 Å². The molecule has 11 rings (SSSR count). The summed E-state index contributed by atoms with van der Waals surface area (Å²) >= 11 is 0. The van der Waals surface area contributed by atoms with Gasteiger partial charge in [-0.3, -0.25) is 0 Å². The number of nitrogens with zero attached hydrogens (tertiary/aromatic N) is 2. The molecule has 0 amide bonds. The Morgan fingerprint density at radius 3 is 1.59 bits per heavy atom. The van der Waals surface area contributed by atoms with Crippen LogP contribution in [0, 0.1) is 0 Å². The largest absolute Gasteiger partial charge is 0.456 e. The first-order valence-electron chi connectivity index (χ1n) is 17.3. The molecule has 0 saturated carbocycles. The molecule has 1 aliphatic rings. The Morgan fingerprint density at radius 1 is 0.333 bits per heavy atom. The molecule has 0 atom stereocenters. The summed E-state index contributed by atoms with van der Waals surface area (Å²) in [7, 11) is 0. The van der Waals surface area contributed by atoms with Crippen molar-refractivity contribution >= 4 is 43.1 Å². The van der Waals surface area contributed by atoms with Gasteiger partial charge in [0.1, 0.15) is 11.5 Å². The molecule has 0 aliphatic carbocycles. The van der Waals surface area contributed by atoms with E-state index >= 15 is 0 Å². The zero-order valence-electron chi connectivity index (χ0n) is 27.5. The van der Waals surface area contributed by atoms with Gasteiger partial charge in [-0.1, -0.05) is 127 Å². The number of hydrogen-bond donors (Lipinski definition) is 0. The molecule has 0 bridgehead atoms. The smallest absolute Gasteiger partial charge is 0.160 e. The average Bonchev–Trinajstić information content (AvgIpc) is 3.20. The quantitative estimate of drug-likeness (QED) is 0.178. The minimum Gasteiger partial charge on any atom is -0.456 e. The van der Waals surface area contributed by atoms with Crippen LogP contribution in [0.4, 0.5) is 0 Å². The van der Waals surface area contributed by atoms with Gasteiger partial charge in [0.05, 0.1) is 11.4 Å². The third kappa shape index (κ3) is 4.38. The molecule has 0 saturated heterocycles. The van der Waals surface area contributed by atoms with Crippen LogP contribution in [0.15, 0.2) is 170 Å². The van der Waals surface area contributed by atoms with E-state index in [2.05, 4.69) is 133 Å². The van der Waals surface area contributed by atoms with Crippen molar-refractivity contribution in [1.82, 2.24) is 9.97 Å². The maximum absolute atomic E-state index is 6.39. The maximum atomic E-state index is 6.39. The van der Waals surface area contributed by atoms with Gasteiger partial charge in [-0.2, -0.15) is 0 Å². The van der Waals surface area contributed by atoms with Crippen molar-refractivity contribution in [2.45, 2.75) is 0 Å². The zero-order chi connectivity index (χ0) is 33.5. The lowest BCUT2D eigenvalue weighted by molar-refractivity contribution is 0.487. The predicted molar refractivity (Wildman–Crippen MR) is 210 cm³/mol. The Balaban J connectivity index is 1.07. The van der Waals surface area contributed by atoms with Gasteiger partial charge >= 0.3 is 0 Å². The van der Waals surface area contributed by atoms with Crippen LogP contribution in [-0.2, 0) is 0 Å². The Hall–Kier alpha value is -6.84.